The second kappa shape index (κ2) is 4.79. The quantitative estimate of drug-likeness (QED) is 0.824. The fraction of sp³-hybridized carbons (Fsp3) is 0.333. The third kappa shape index (κ3) is 3.23. The number of alkyl halides is 3. The maximum absolute atomic E-state index is 12.3. The van der Waals surface area contributed by atoms with Crippen LogP contribution < -0.4 is 10.1 Å². The first-order chi connectivity index (χ1) is 8.05. The molecular weight excluding hydrogens is 231 g/mol. The van der Waals surface area contributed by atoms with Crippen LogP contribution >= 0.6 is 0 Å². The Morgan fingerprint density at radius 3 is 2.41 bits per heavy atom. The molecule has 0 aromatic heterocycles. The van der Waals surface area contributed by atoms with Crippen molar-refractivity contribution in [2.45, 2.75) is 6.18 Å². The van der Waals surface area contributed by atoms with Gasteiger partial charge in [0.2, 0.25) is 0 Å². The van der Waals surface area contributed by atoms with Gasteiger partial charge in [0.25, 0.3) is 0 Å². The number of nitrogens with one attached hydrogen (secondary N) is 1. The molecule has 0 saturated carbocycles. The molecule has 0 radical (unpaired) electrons. The van der Waals surface area contributed by atoms with Gasteiger partial charge in [-0.1, -0.05) is 6.08 Å². The number of rotatable bonds is 3. The van der Waals surface area contributed by atoms with E-state index in [4.69, 9.17) is 4.74 Å². The highest BCUT2D eigenvalue weighted by atomic mass is 19.4. The predicted molar refractivity (Wildman–Crippen MR) is 57.9 cm³/mol. The highest BCUT2D eigenvalue weighted by Crippen LogP contribution is 2.30. The van der Waals surface area contributed by atoms with E-state index in [2.05, 4.69) is 5.32 Å². The first kappa shape index (κ1) is 12.0. The molecule has 17 heavy (non-hydrogen) atoms. The first-order valence-corrected chi connectivity index (χ1v) is 5.24. The van der Waals surface area contributed by atoms with E-state index in [0.717, 1.165) is 30.8 Å². The summed E-state index contributed by atoms with van der Waals surface area (Å²) in [5.74, 6) is 0.450. The summed E-state index contributed by atoms with van der Waals surface area (Å²) in [7, 11) is 0. The number of hydrogen-bond acceptors (Lipinski definition) is 2. The van der Waals surface area contributed by atoms with Crippen molar-refractivity contribution in [1.29, 1.82) is 0 Å². The lowest BCUT2D eigenvalue weighted by Crippen LogP contribution is -2.11. The minimum Gasteiger partial charge on any atom is -0.489 e. The maximum atomic E-state index is 12.3. The molecule has 0 fully saturated rings. The van der Waals surface area contributed by atoms with Gasteiger partial charge in [0.1, 0.15) is 12.4 Å². The zero-order valence-electron chi connectivity index (χ0n) is 9.05. The standard InChI is InChI=1S/C12H12F3NO/c13-12(14,15)10-1-3-11(4-2-10)17-8-9-5-6-16-7-9/h1-5,16H,6-8H2. The van der Waals surface area contributed by atoms with Crippen molar-refractivity contribution < 1.29 is 17.9 Å². The minimum absolute atomic E-state index is 0.415. The second-order valence-corrected chi connectivity index (χ2v) is 3.80. The van der Waals surface area contributed by atoms with Gasteiger partial charge in [-0.05, 0) is 29.8 Å². The lowest BCUT2D eigenvalue weighted by atomic mass is 10.2. The molecule has 1 aliphatic rings. The Morgan fingerprint density at radius 2 is 1.88 bits per heavy atom. The molecule has 2 rings (SSSR count). The molecule has 5 heteroatoms. The smallest absolute Gasteiger partial charge is 0.416 e. The van der Waals surface area contributed by atoms with E-state index in [0.29, 0.717) is 12.4 Å². The Kier molecular flexibility index (Phi) is 3.38. The Morgan fingerprint density at radius 1 is 1.18 bits per heavy atom. The largest absolute Gasteiger partial charge is 0.489 e. The van der Waals surface area contributed by atoms with Crippen LogP contribution in [0.25, 0.3) is 0 Å². The molecule has 0 bridgehead atoms. The normalized spacial score (nSPS) is 15.8. The van der Waals surface area contributed by atoms with Gasteiger partial charge in [-0.2, -0.15) is 13.2 Å². The van der Waals surface area contributed by atoms with Gasteiger partial charge in [-0.3, -0.25) is 0 Å². The number of ether oxygens (including phenoxy) is 1. The summed E-state index contributed by atoms with van der Waals surface area (Å²) in [6.07, 6.45) is -2.28. The van der Waals surface area contributed by atoms with Gasteiger partial charge in [-0.15, -0.1) is 0 Å². The third-order valence-electron chi connectivity index (χ3n) is 2.49. The SMILES string of the molecule is FC(F)(F)c1ccc(OCC2=CCNC2)cc1. The van der Waals surface area contributed by atoms with Crippen LogP contribution in [-0.4, -0.2) is 19.7 Å². The zero-order valence-corrected chi connectivity index (χ0v) is 9.05. The summed E-state index contributed by atoms with van der Waals surface area (Å²) in [5.41, 5.74) is 0.455. The van der Waals surface area contributed by atoms with E-state index in [1.165, 1.54) is 12.1 Å². The molecule has 1 aliphatic heterocycles. The highest BCUT2D eigenvalue weighted by molar-refractivity contribution is 5.29. The molecule has 0 unspecified atom stereocenters. The number of hydrogen-bond donors (Lipinski definition) is 1. The predicted octanol–water partition coefficient (Wildman–Crippen LogP) is 2.61. The second-order valence-electron chi connectivity index (χ2n) is 3.80. The maximum Gasteiger partial charge on any atom is 0.416 e. The van der Waals surface area contributed by atoms with Crippen molar-refractivity contribution in [3.63, 3.8) is 0 Å². The average molecular weight is 243 g/mol. The molecule has 0 amide bonds. The van der Waals surface area contributed by atoms with E-state index in [1.54, 1.807) is 0 Å². The fourth-order valence-electron chi connectivity index (χ4n) is 1.55. The fourth-order valence-corrected chi connectivity index (χ4v) is 1.55. The summed E-state index contributed by atoms with van der Waals surface area (Å²) in [4.78, 5) is 0. The molecule has 0 aliphatic carbocycles. The molecular formula is C12H12F3NO. The summed E-state index contributed by atoms with van der Waals surface area (Å²) in [5, 5.41) is 3.12. The molecule has 0 saturated heterocycles. The Bertz CT molecular complexity index is 409. The Labute approximate surface area is 97.1 Å². The van der Waals surface area contributed by atoms with Gasteiger partial charge in [0.05, 0.1) is 5.56 Å². The van der Waals surface area contributed by atoms with E-state index < -0.39 is 11.7 Å². The van der Waals surface area contributed by atoms with Crippen LogP contribution in [0.3, 0.4) is 0 Å². The number of halogens is 3. The van der Waals surface area contributed by atoms with Crippen LogP contribution in [0, 0.1) is 0 Å². The van der Waals surface area contributed by atoms with Crippen molar-refractivity contribution >= 4 is 0 Å². The van der Waals surface area contributed by atoms with Gasteiger partial charge >= 0.3 is 6.18 Å². The monoisotopic (exact) mass is 243 g/mol. The van der Waals surface area contributed by atoms with Gasteiger partial charge < -0.3 is 10.1 Å². The zero-order chi connectivity index (χ0) is 12.3. The van der Waals surface area contributed by atoms with Crippen LogP contribution in [0.1, 0.15) is 5.56 Å². The lowest BCUT2D eigenvalue weighted by molar-refractivity contribution is -0.137. The third-order valence-corrected chi connectivity index (χ3v) is 2.49. The summed E-state index contributed by atoms with van der Waals surface area (Å²) in [6, 6.07) is 4.73. The summed E-state index contributed by atoms with van der Waals surface area (Å²) in [6.45, 7) is 2.02. The molecule has 1 aromatic carbocycles. The highest BCUT2D eigenvalue weighted by Gasteiger charge is 2.29. The van der Waals surface area contributed by atoms with E-state index in [1.807, 2.05) is 6.08 Å². The Hall–Kier alpha value is -1.49. The lowest BCUT2D eigenvalue weighted by Gasteiger charge is -2.09. The number of benzene rings is 1. The van der Waals surface area contributed by atoms with Crippen molar-refractivity contribution in [2.24, 2.45) is 0 Å². The average Bonchev–Trinajstić information content (AvgIpc) is 2.78. The van der Waals surface area contributed by atoms with E-state index in [-0.39, 0.29) is 0 Å². The van der Waals surface area contributed by atoms with Crippen molar-refractivity contribution in [2.75, 3.05) is 19.7 Å². The van der Waals surface area contributed by atoms with E-state index in [9.17, 15) is 13.2 Å². The molecule has 1 heterocycles. The van der Waals surface area contributed by atoms with Gasteiger partial charge in [0, 0.05) is 13.1 Å². The van der Waals surface area contributed by atoms with Crippen LogP contribution in [0.4, 0.5) is 13.2 Å². The van der Waals surface area contributed by atoms with Crippen LogP contribution in [0.2, 0.25) is 0 Å². The van der Waals surface area contributed by atoms with E-state index >= 15 is 0 Å². The van der Waals surface area contributed by atoms with Gasteiger partial charge in [0.15, 0.2) is 0 Å². The molecule has 0 atom stereocenters. The van der Waals surface area contributed by atoms with Crippen molar-refractivity contribution in [3.8, 4) is 5.75 Å². The van der Waals surface area contributed by atoms with Crippen LogP contribution in [0.15, 0.2) is 35.9 Å². The first-order valence-electron chi connectivity index (χ1n) is 5.24. The summed E-state index contributed by atoms with van der Waals surface area (Å²) >= 11 is 0. The van der Waals surface area contributed by atoms with Crippen LogP contribution in [-0.2, 0) is 6.18 Å². The van der Waals surface area contributed by atoms with Crippen molar-refractivity contribution in [3.05, 3.63) is 41.5 Å². The topological polar surface area (TPSA) is 21.3 Å². The summed E-state index contributed by atoms with van der Waals surface area (Å²) < 4.78 is 42.3. The molecule has 0 spiro atoms. The van der Waals surface area contributed by atoms with Crippen LogP contribution in [0.5, 0.6) is 5.75 Å². The molecule has 1 aromatic rings. The Balaban J connectivity index is 1.94. The molecule has 2 nitrogen and oxygen atoms in total. The minimum atomic E-state index is -4.30. The molecule has 92 valence electrons. The van der Waals surface area contributed by atoms with Gasteiger partial charge in [-0.25, -0.2) is 0 Å². The molecule has 1 N–H and O–H groups in total. The van der Waals surface area contributed by atoms with Crippen molar-refractivity contribution in [1.82, 2.24) is 5.32 Å².